The highest BCUT2D eigenvalue weighted by atomic mass is 16.2. The Labute approximate surface area is 135 Å². The highest BCUT2D eigenvalue weighted by Crippen LogP contribution is 2.28. The highest BCUT2D eigenvalue weighted by Gasteiger charge is 2.21. The van der Waals surface area contributed by atoms with E-state index in [0.29, 0.717) is 17.4 Å². The van der Waals surface area contributed by atoms with E-state index in [4.69, 9.17) is 0 Å². The molecule has 23 heavy (non-hydrogen) atoms. The van der Waals surface area contributed by atoms with Crippen molar-refractivity contribution >= 4 is 11.7 Å². The number of anilines is 1. The number of pyridine rings is 1. The van der Waals surface area contributed by atoms with Crippen LogP contribution in [0, 0.1) is 18.3 Å². The van der Waals surface area contributed by atoms with Gasteiger partial charge < -0.3 is 10.3 Å². The molecule has 2 aromatic rings. The van der Waals surface area contributed by atoms with Gasteiger partial charge in [-0.05, 0) is 24.7 Å². The van der Waals surface area contributed by atoms with E-state index in [1.165, 1.54) is 12.3 Å². The van der Waals surface area contributed by atoms with Crippen LogP contribution in [0.15, 0.2) is 23.1 Å². The van der Waals surface area contributed by atoms with Crippen molar-refractivity contribution in [3.63, 3.8) is 0 Å². The van der Waals surface area contributed by atoms with Gasteiger partial charge in [0.05, 0.1) is 0 Å². The molecule has 6 nitrogen and oxygen atoms in total. The molecule has 2 aromatic heterocycles. The third-order valence-corrected chi connectivity index (χ3v) is 4.18. The summed E-state index contributed by atoms with van der Waals surface area (Å²) in [6.07, 6.45) is 2.26. The fraction of sp³-hybridized carbons (Fsp3) is 0.471. The summed E-state index contributed by atoms with van der Waals surface area (Å²) in [5.74, 6) is 0.422. The lowest BCUT2D eigenvalue weighted by atomic mass is 9.79. The van der Waals surface area contributed by atoms with E-state index in [0.717, 1.165) is 12.1 Å². The van der Waals surface area contributed by atoms with Crippen LogP contribution in [-0.2, 0) is 6.42 Å². The van der Waals surface area contributed by atoms with Crippen molar-refractivity contribution in [1.82, 2.24) is 15.2 Å². The van der Waals surface area contributed by atoms with Crippen LogP contribution in [0.4, 0.5) is 5.82 Å². The maximum atomic E-state index is 12.2. The number of rotatable bonds is 4. The van der Waals surface area contributed by atoms with Gasteiger partial charge in [0, 0.05) is 29.7 Å². The molecule has 124 valence electrons. The Balaban J connectivity index is 2.07. The van der Waals surface area contributed by atoms with Gasteiger partial charge in [0.1, 0.15) is 5.56 Å². The lowest BCUT2D eigenvalue weighted by Gasteiger charge is -2.26. The Bertz CT molecular complexity index is 752. The van der Waals surface area contributed by atoms with Crippen LogP contribution < -0.4 is 10.7 Å². The molecule has 0 aliphatic rings. The van der Waals surface area contributed by atoms with E-state index in [1.54, 1.807) is 6.92 Å². The normalized spacial score (nSPS) is 12.9. The maximum absolute atomic E-state index is 12.2. The SMILES string of the molecule is Cc1cc(=O)c(C(=O)Nc2cc(C[C@@H](C)C(C)(C)C)[nH]n2)c[nH]1. The van der Waals surface area contributed by atoms with E-state index in [2.05, 4.69) is 48.2 Å². The van der Waals surface area contributed by atoms with Gasteiger partial charge in [-0.25, -0.2) is 0 Å². The Morgan fingerprint density at radius 1 is 1.35 bits per heavy atom. The van der Waals surface area contributed by atoms with Crippen molar-refractivity contribution in [3.05, 3.63) is 45.5 Å². The van der Waals surface area contributed by atoms with Gasteiger partial charge in [-0.3, -0.25) is 14.7 Å². The summed E-state index contributed by atoms with van der Waals surface area (Å²) in [6, 6.07) is 3.21. The molecule has 0 aromatic carbocycles. The summed E-state index contributed by atoms with van der Waals surface area (Å²) in [5.41, 5.74) is 1.63. The number of hydrogen-bond acceptors (Lipinski definition) is 3. The number of carbonyl (C=O) groups excluding carboxylic acids is 1. The molecule has 3 N–H and O–H groups in total. The number of hydrogen-bond donors (Lipinski definition) is 3. The molecular weight excluding hydrogens is 292 g/mol. The Morgan fingerprint density at radius 2 is 2.04 bits per heavy atom. The molecule has 0 radical (unpaired) electrons. The number of nitrogens with zero attached hydrogens (tertiary/aromatic N) is 1. The first-order chi connectivity index (χ1) is 10.7. The lowest BCUT2D eigenvalue weighted by Crippen LogP contribution is -2.21. The van der Waals surface area contributed by atoms with Crippen molar-refractivity contribution in [3.8, 4) is 0 Å². The van der Waals surface area contributed by atoms with E-state index >= 15 is 0 Å². The molecule has 0 aliphatic carbocycles. The van der Waals surface area contributed by atoms with Gasteiger partial charge in [0.25, 0.3) is 5.91 Å². The zero-order chi connectivity index (χ0) is 17.2. The second kappa shape index (κ2) is 6.40. The third kappa shape index (κ3) is 4.31. The van der Waals surface area contributed by atoms with Gasteiger partial charge in [0.2, 0.25) is 0 Å². The minimum atomic E-state index is -0.465. The van der Waals surface area contributed by atoms with Crippen LogP contribution >= 0.6 is 0 Å². The highest BCUT2D eigenvalue weighted by molar-refractivity contribution is 6.03. The van der Waals surface area contributed by atoms with E-state index < -0.39 is 5.91 Å². The number of aromatic amines is 2. The lowest BCUT2D eigenvalue weighted by molar-refractivity contribution is 0.102. The molecule has 0 spiro atoms. The molecule has 0 saturated carbocycles. The summed E-state index contributed by atoms with van der Waals surface area (Å²) >= 11 is 0. The average molecular weight is 316 g/mol. The molecule has 0 saturated heterocycles. The summed E-state index contributed by atoms with van der Waals surface area (Å²) in [7, 11) is 0. The zero-order valence-corrected chi connectivity index (χ0v) is 14.3. The van der Waals surface area contributed by atoms with Crippen molar-refractivity contribution in [2.45, 2.75) is 41.0 Å². The number of aromatic nitrogens is 3. The number of H-pyrrole nitrogens is 2. The molecular formula is C17H24N4O2. The minimum absolute atomic E-state index is 0.0724. The van der Waals surface area contributed by atoms with Gasteiger partial charge >= 0.3 is 0 Å². The predicted molar refractivity (Wildman–Crippen MR) is 90.7 cm³/mol. The Hall–Kier alpha value is -2.37. The van der Waals surface area contributed by atoms with Gasteiger partial charge in [-0.1, -0.05) is 27.7 Å². The molecule has 0 aliphatic heterocycles. The number of aryl methyl sites for hydroxylation is 1. The number of carbonyl (C=O) groups is 1. The summed E-state index contributed by atoms with van der Waals surface area (Å²) in [5, 5.41) is 9.68. The van der Waals surface area contributed by atoms with Crippen molar-refractivity contribution in [1.29, 1.82) is 0 Å². The van der Waals surface area contributed by atoms with Crippen molar-refractivity contribution in [2.24, 2.45) is 11.3 Å². The first-order valence-electron chi connectivity index (χ1n) is 7.72. The smallest absolute Gasteiger partial charge is 0.262 e. The molecule has 1 atom stereocenters. The molecule has 1 amide bonds. The fourth-order valence-electron chi connectivity index (χ4n) is 2.10. The Kier molecular flexibility index (Phi) is 4.73. The summed E-state index contributed by atoms with van der Waals surface area (Å²) < 4.78 is 0. The molecule has 2 heterocycles. The van der Waals surface area contributed by atoms with Crippen LogP contribution in [0.5, 0.6) is 0 Å². The topological polar surface area (TPSA) is 90.6 Å². The second-order valence-corrected chi connectivity index (χ2v) is 7.10. The van der Waals surface area contributed by atoms with Crippen LogP contribution in [0.1, 0.15) is 49.4 Å². The third-order valence-electron chi connectivity index (χ3n) is 4.18. The summed E-state index contributed by atoms with van der Waals surface area (Å²) in [4.78, 5) is 26.8. The second-order valence-electron chi connectivity index (χ2n) is 7.10. The van der Waals surface area contributed by atoms with Gasteiger partial charge in [-0.2, -0.15) is 5.10 Å². The number of nitrogens with one attached hydrogen (secondary N) is 3. The largest absolute Gasteiger partial charge is 0.364 e. The zero-order valence-electron chi connectivity index (χ0n) is 14.3. The standard InChI is InChI=1S/C17H24N4O2/c1-10(17(3,4)5)6-12-8-15(21-20-12)19-16(23)13-9-18-11(2)7-14(13)22/h7-10H,6H2,1-5H3,(H,18,22)(H2,19,20,21,23)/t10-/m1/s1. The first-order valence-corrected chi connectivity index (χ1v) is 7.72. The number of amides is 1. The van der Waals surface area contributed by atoms with Crippen molar-refractivity contribution < 1.29 is 4.79 Å². The van der Waals surface area contributed by atoms with E-state index in [9.17, 15) is 9.59 Å². The maximum Gasteiger partial charge on any atom is 0.262 e. The van der Waals surface area contributed by atoms with Gasteiger partial charge in [-0.15, -0.1) is 0 Å². The summed E-state index contributed by atoms with van der Waals surface area (Å²) in [6.45, 7) is 10.5. The first kappa shape index (κ1) is 17.0. The molecule has 2 rings (SSSR count). The van der Waals surface area contributed by atoms with E-state index in [-0.39, 0.29) is 16.4 Å². The van der Waals surface area contributed by atoms with Crippen LogP contribution in [-0.4, -0.2) is 21.1 Å². The van der Waals surface area contributed by atoms with E-state index in [1.807, 2.05) is 6.07 Å². The molecule has 0 unspecified atom stereocenters. The molecule has 0 bridgehead atoms. The average Bonchev–Trinajstić information content (AvgIpc) is 2.84. The van der Waals surface area contributed by atoms with Crippen LogP contribution in [0.2, 0.25) is 0 Å². The minimum Gasteiger partial charge on any atom is -0.364 e. The molecule has 6 heteroatoms. The van der Waals surface area contributed by atoms with Crippen LogP contribution in [0.3, 0.4) is 0 Å². The quantitative estimate of drug-likeness (QED) is 0.810. The van der Waals surface area contributed by atoms with Gasteiger partial charge in [0.15, 0.2) is 11.2 Å². The molecule has 0 fully saturated rings. The van der Waals surface area contributed by atoms with Crippen LogP contribution in [0.25, 0.3) is 0 Å². The monoisotopic (exact) mass is 316 g/mol. The predicted octanol–water partition coefficient (Wildman–Crippen LogP) is 2.88. The van der Waals surface area contributed by atoms with Crippen molar-refractivity contribution in [2.75, 3.05) is 5.32 Å². The fourth-order valence-corrected chi connectivity index (χ4v) is 2.10. The Morgan fingerprint density at radius 3 is 2.65 bits per heavy atom.